The van der Waals surface area contributed by atoms with Gasteiger partial charge in [-0.3, -0.25) is 0 Å². The Kier molecular flexibility index (Phi) is 5.10. The summed E-state index contributed by atoms with van der Waals surface area (Å²) < 4.78 is 5.72. The van der Waals surface area contributed by atoms with E-state index in [1.807, 2.05) is 12.4 Å². The molecule has 6 heterocycles. The molecule has 0 spiro atoms. The lowest BCUT2D eigenvalue weighted by molar-refractivity contribution is -0.00293. The number of aromatic nitrogens is 2. The number of benzene rings is 1. The second kappa shape index (κ2) is 8.35. The van der Waals surface area contributed by atoms with Gasteiger partial charge in [-0.1, -0.05) is 6.07 Å². The van der Waals surface area contributed by atoms with E-state index < -0.39 is 0 Å². The maximum atomic E-state index is 13.6. The fourth-order valence-corrected chi connectivity index (χ4v) is 6.69. The monoisotopic (exact) mass is 471 g/mol. The normalized spacial score (nSPS) is 25.9. The molecule has 35 heavy (non-hydrogen) atoms. The van der Waals surface area contributed by atoms with E-state index >= 15 is 0 Å². The van der Waals surface area contributed by atoms with E-state index in [1.165, 1.54) is 39.6 Å². The SMILES string of the molecule is Cc1c[nH]c2ncc(-c3cc4c(c(C5CCCN5)c3)CN(C(=O)N3C5CCC3COC5)CC4)cc12. The topological polar surface area (TPSA) is 73.5 Å². The number of pyridine rings is 1. The number of nitrogens with one attached hydrogen (secondary N) is 2. The average molecular weight is 472 g/mol. The molecule has 3 atom stereocenters. The van der Waals surface area contributed by atoms with E-state index in [0.29, 0.717) is 25.8 Å². The van der Waals surface area contributed by atoms with Crippen LogP contribution in [-0.2, 0) is 17.7 Å². The molecular weight excluding hydrogens is 438 g/mol. The van der Waals surface area contributed by atoms with Crippen LogP contribution in [0.3, 0.4) is 0 Å². The number of fused-ring (bicyclic) bond motifs is 4. The van der Waals surface area contributed by atoms with Crippen LogP contribution in [0.4, 0.5) is 4.79 Å². The van der Waals surface area contributed by atoms with Crippen LogP contribution in [0.1, 0.15) is 54.0 Å². The van der Waals surface area contributed by atoms with Gasteiger partial charge in [-0.25, -0.2) is 9.78 Å². The second-order valence-electron chi connectivity index (χ2n) is 10.7. The first-order chi connectivity index (χ1) is 17.2. The smallest absolute Gasteiger partial charge is 0.320 e. The fraction of sp³-hybridized carbons (Fsp3) is 0.500. The molecule has 4 aliphatic heterocycles. The maximum absolute atomic E-state index is 13.6. The molecule has 0 saturated carbocycles. The van der Waals surface area contributed by atoms with Crippen LogP contribution < -0.4 is 5.32 Å². The highest BCUT2D eigenvalue weighted by molar-refractivity contribution is 5.85. The Balaban J connectivity index is 1.25. The molecule has 3 fully saturated rings. The zero-order chi connectivity index (χ0) is 23.5. The number of ether oxygens (including phenoxy) is 1. The van der Waals surface area contributed by atoms with Gasteiger partial charge in [0, 0.05) is 42.5 Å². The van der Waals surface area contributed by atoms with Crippen LogP contribution >= 0.6 is 0 Å². The van der Waals surface area contributed by atoms with E-state index in [4.69, 9.17) is 4.74 Å². The number of carbonyl (C=O) groups is 1. The lowest BCUT2D eigenvalue weighted by Gasteiger charge is -2.40. The lowest BCUT2D eigenvalue weighted by atomic mass is 9.87. The third kappa shape index (κ3) is 3.55. The summed E-state index contributed by atoms with van der Waals surface area (Å²) in [4.78, 5) is 25.8. The molecule has 1 aromatic carbocycles. The van der Waals surface area contributed by atoms with Gasteiger partial charge < -0.3 is 24.8 Å². The first kappa shape index (κ1) is 21.4. The Hall–Kier alpha value is -2.90. The summed E-state index contributed by atoms with van der Waals surface area (Å²) in [6.45, 7) is 6.03. The molecule has 0 radical (unpaired) electrons. The summed E-state index contributed by atoms with van der Waals surface area (Å²) in [5.74, 6) is 0. The number of nitrogens with zero attached hydrogens (tertiary/aromatic N) is 3. The number of urea groups is 1. The number of H-pyrrole nitrogens is 1. The van der Waals surface area contributed by atoms with Crippen LogP contribution in [0, 0.1) is 6.92 Å². The average Bonchev–Trinajstić information content (AvgIpc) is 3.61. The van der Waals surface area contributed by atoms with Crippen molar-refractivity contribution in [3.05, 3.63) is 52.8 Å². The third-order valence-corrected chi connectivity index (χ3v) is 8.62. The summed E-state index contributed by atoms with van der Waals surface area (Å²) in [5.41, 5.74) is 8.64. The van der Waals surface area contributed by atoms with Crippen molar-refractivity contribution >= 4 is 17.1 Å². The number of hydrogen-bond donors (Lipinski definition) is 2. The molecule has 4 aliphatic rings. The van der Waals surface area contributed by atoms with Crippen molar-refractivity contribution in [2.24, 2.45) is 0 Å². The molecule has 2 bridgehead atoms. The predicted octanol–water partition coefficient (Wildman–Crippen LogP) is 4.30. The van der Waals surface area contributed by atoms with E-state index in [2.05, 4.69) is 50.2 Å². The number of amides is 2. The summed E-state index contributed by atoms with van der Waals surface area (Å²) in [7, 11) is 0. The van der Waals surface area contributed by atoms with Crippen molar-refractivity contribution in [1.29, 1.82) is 0 Å². The van der Waals surface area contributed by atoms with Crippen LogP contribution in [0.25, 0.3) is 22.2 Å². The first-order valence-electron chi connectivity index (χ1n) is 13.1. The predicted molar refractivity (Wildman–Crippen MR) is 135 cm³/mol. The molecule has 7 nitrogen and oxygen atoms in total. The number of aromatic amines is 1. The Morgan fingerprint density at radius 2 is 1.97 bits per heavy atom. The van der Waals surface area contributed by atoms with Crippen molar-refractivity contribution in [3.63, 3.8) is 0 Å². The molecule has 2 amide bonds. The molecule has 3 unspecified atom stereocenters. The van der Waals surface area contributed by atoms with Crippen molar-refractivity contribution in [3.8, 4) is 11.1 Å². The van der Waals surface area contributed by atoms with E-state index in [1.54, 1.807) is 0 Å². The van der Waals surface area contributed by atoms with Gasteiger partial charge in [0.15, 0.2) is 0 Å². The highest BCUT2D eigenvalue weighted by Gasteiger charge is 2.42. The minimum absolute atomic E-state index is 0.207. The van der Waals surface area contributed by atoms with E-state index in [9.17, 15) is 4.79 Å². The van der Waals surface area contributed by atoms with Crippen molar-refractivity contribution in [2.75, 3.05) is 26.3 Å². The van der Waals surface area contributed by atoms with Crippen LogP contribution in [0.15, 0.2) is 30.6 Å². The molecule has 3 saturated heterocycles. The van der Waals surface area contributed by atoms with Gasteiger partial charge in [0.05, 0.1) is 25.3 Å². The van der Waals surface area contributed by atoms with Crippen molar-refractivity contribution in [1.82, 2.24) is 25.1 Å². The van der Waals surface area contributed by atoms with Crippen molar-refractivity contribution in [2.45, 2.75) is 63.7 Å². The summed E-state index contributed by atoms with van der Waals surface area (Å²) in [5, 5.41) is 4.90. The molecular formula is C28H33N5O2. The van der Waals surface area contributed by atoms with E-state index in [0.717, 1.165) is 50.0 Å². The molecule has 7 rings (SSSR count). The van der Waals surface area contributed by atoms with Gasteiger partial charge in [-0.2, -0.15) is 0 Å². The standard InChI is InChI=1S/C28H33N5O2/c1-17-12-30-27-23(17)11-20(13-31-27)19-9-18-6-8-32(14-25(18)24(10-19)26-3-2-7-29-26)28(34)33-21-4-5-22(33)16-35-15-21/h9-13,21-22,26,29H,2-8,14-16H2,1H3,(H,30,31). The van der Waals surface area contributed by atoms with Crippen LogP contribution in [0.2, 0.25) is 0 Å². The van der Waals surface area contributed by atoms with Crippen LogP contribution in [0.5, 0.6) is 0 Å². The van der Waals surface area contributed by atoms with Gasteiger partial charge in [-0.15, -0.1) is 0 Å². The Labute approximate surface area is 205 Å². The van der Waals surface area contributed by atoms with E-state index in [-0.39, 0.29) is 18.1 Å². The minimum atomic E-state index is 0.207. The summed E-state index contributed by atoms with van der Waals surface area (Å²) >= 11 is 0. The first-order valence-corrected chi connectivity index (χ1v) is 13.1. The zero-order valence-corrected chi connectivity index (χ0v) is 20.3. The maximum Gasteiger partial charge on any atom is 0.320 e. The number of rotatable bonds is 2. The number of hydrogen-bond acceptors (Lipinski definition) is 4. The van der Waals surface area contributed by atoms with Crippen molar-refractivity contribution < 1.29 is 9.53 Å². The largest absolute Gasteiger partial charge is 0.377 e. The van der Waals surface area contributed by atoms with Crippen LogP contribution in [-0.4, -0.2) is 64.2 Å². The highest BCUT2D eigenvalue weighted by atomic mass is 16.5. The number of aryl methyl sites for hydroxylation is 1. The lowest BCUT2D eigenvalue weighted by Crippen LogP contribution is -2.55. The quantitative estimate of drug-likeness (QED) is 0.584. The van der Waals surface area contributed by atoms with Gasteiger partial charge in [0.1, 0.15) is 5.65 Å². The molecule has 7 heteroatoms. The second-order valence-corrected chi connectivity index (χ2v) is 10.7. The zero-order valence-electron chi connectivity index (χ0n) is 20.3. The molecule has 2 aromatic heterocycles. The minimum Gasteiger partial charge on any atom is -0.377 e. The third-order valence-electron chi connectivity index (χ3n) is 8.62. The van der Waals surface area contributed by atoms with Gasteiger partial charge in [0.25, 0.3) is 0 Å². The highest BCUT2D eigenvalue weighted by Crippen LogP contribution is 2.37. The van der Waals surface area contributed by atoms with Gasteiger partial charge in [-0.05, 0) is 85.5 Å². The fourth-order valence-electron chi connectivity index (χ4n) is 6.69. The number of carbonyl (C=O) groups excluding carboxylic acids is 1. The van der Waals surface area contributed by atoms with Gasteiger partial charge in [0.2, 0.25) is 0 Å². The van der Waals surface area contributed by atoms with Gasteiger partial charge >= 0.3 is 6.03 Å². The summed E-state index contributed by atoms with van der Waals surface area (Å²) in [6, 6.07) is 8.02. The molecule has 3 aromatic rings. The molecule has 182 valence electrons. The number of morpholine rings is 1. The Morgan fingerprint density at radius 3 is 2.77 bits per heavy atom. The Bertz CT molecular complexity index is 1280. The Morgan fingerprint density at radius 1 is 1.11 bits per heavy atom. The summed E-state index contributed by atoms with van der Waals surface area (Å²) in [6.07, 6.45) is 9.38. The molecule has 2 N–H and O–H groups in total. The molecule has 0 aliphatic carbocycles.